The highest BCUT2D eigenvalue weighted by molar-refractivity contribution is 8.00. The fraction of sp³-hybridized carbons (Fsp3) is 0.278. The van der Waals surface area contributed by atoms with E-state index in [1.165, 1.54) is 40.9 Å². The number of carboxylic acid groups (broad SMARTS) is 1. The van der Waals surface area contributed by atoms with Crippen LogP contribution in [0.15, 0.2) is 48.2 Å². The monoisotopic (exact) mass is 389 g/mol. The largest absolute Gasteiger partial charge is 0.508 e. The fourth-order valence-corrected chi connectivity index (χ4v) is 4.45. The average molecular weight is 389 g/mol. The van der Waals surface area contributed by atoms with Gasteiger partial charge < -0.3 is 21.3 Å². The Morgan fingerprint density at radius 2 is 2.07 bits per heavy atom. The molecule has 2 aliphatic rings. The number of hydrogen-bond donors (Lipinski definition) is 4. The molecule has 9 heteroatoms. The quantitative estimate of drug-likeness (QED) is 0.416. The highest BCUT2D eigenvalue weighted by atomic mass is 32.2. The average Bonchev–Trinajstić information content (AvgIpc) is 2.65. The number of nitrogens with two attached hydrogens (primary N) is 1. The Labute approximate surface area is 159 Å². The molecule has 8 nitrogen and oxygen atoms in total. The van der Waals surface area contributed by atoms with Crippen molar-refractivity contribution < 1.29 is 24.6 Å². The zero-order valence-corrected chi connectivity index (χ0v) is 15.1. The first kappa shape index (κ1) is 19.0. The Morgan fingerprint density at radius 1 is 1.41 bits per heavy atom. The minimum absolute atomic E-state index is 0.0306. The predicted octanol–water partition coefficient (Wildman–Crippen LogP) is 0.707. The van der Waals surface area contributed by atoms with Gasteiger partial charge in [0.05, 0.1) is 0 Å². The summed E-state index contributed by atoms with van der Waals surface area (Å²) in [6, 6.07) is 4.05. The van der Waals surface area contributed by atoms with Gasteiger partial charge in [-0.25, -0.2) is 4.79 Å². The summed E-state index contributed by atoms with van der Waals surface area (Å²) in [5.74, 6) is -1.69. The van der Waals surface area contributed by atoms with Crippen molar-refractivity contribution in [2.75, 3.05) is 5.75 Å². The van der Waals surface area contributed by atoms with E-state index in [0.717, 1.165) is 0 Å². The molecule has 1 aromatic carbocycles. The number of amides is 2. The second-order valence-electron chi connectivity index (χ2n) is 6.22. The number of hydrogen-bond acceptors (Lipinski definition) is 6. The molecule has 142 valence electrons. The van der Waals surface area contributed by atoms with E-state index in [1.807, 2.05) is 0 Å². The molecule has 3 rings (SSSR count). The maximum atomic E-state index is 12.5. The Hall–Kier alpha value is -2.78. The Kier molecular flexibility index (Phi) is 5.24. The van der Waals surface area contributed by atoms with Gasteiger partial charge in [0.15, 0.2) is 0 Å². The third-order valence-corrected chi connectivity index (χ3v) is 5.81. The summed E-state index contributed by atoms with van der Waals surface area (Å²) in [6.45, 7) is 3.61. The third kappa shape index (κ3) is 3.43. The van der Waals surface area contributed by atoms with E-state index in [0.29, 0.717) is 23.3 Å². The molecule has 0 aromatic heterocycles. The second kappa shape index (κ2) is 7.45. The van der Waals surface area contributed by atoms with E-state index in [4.69, 9.17) is 5.73 Å². The van der Waals surface area contributed by atoms with Crippen LogP contribution in [-0.4, -0.2) is 50.1 Å². The lowest BCUT2D eigenvalue weighted by atomic mass is 10.0. The van der Waals surface area contributed by atoms with Gasteiger partial charge in [0, 0.05) is 5.75 Å². The van der Waals surface area contributed by atoms with Gasteiger partial charge in [-0.05, 0) is 29.7 Å². The van der Waals surface area contributed by atoms with Crippen LogP contribution in [0.1, 0.15) is 18.0 Å². The lowest BCUT2D eigenvalue weighted by molar-refractivity contribution is -0.150. The molecular formula is C18H19N3O5S. The lowest BCUT2D eigenvalue weighted by Crippen LogP contribution is -2.71. The normalized spacial score (nSPS) is 22.6. The molecule has 2 aliphatic heterocycles. The third-order valence-electron chi connectivity index (χ3n) is 4.47. The van der Waals surface area contributed by atoms with Crippen LogP contribution >= 0.6 is 11.8 Å². The van der Waals surface area contributed by atoms with Gasteiger partial charge >= 0.3 is 5.97 Å². The standard InChI is InChI=1S/C18H19N3O5S/c1-2-3-10-8-27-17-13(16(24)21(17)14(10)18(25)26)20-15(23)12(19)9-4-6-11(22)7-5-9/h2,4-7,12-13,17,22H,1,3,8,19H2,(H,20,23)(H,25,26)/t12-,13-,17-/m1/s1. The number of carbonyl (C=O) groups excluding carboxylic acids is 2. The highest BCUT2D eigenvalue weighted by Crippen LogP contribution is 2.41. The van der Waals surface area contributed by atoms with Crippen LogP contribution in [0.25, 0.3) is 0 Å². The number of β-lactam (4-membered cyclic amide) rings is 1. The van der Waals surface area contributed by atoms with Crippen LogP contribution in [-0.2, 0) is 14.4 Å². The first-order valence-electron chi connectivity index (χ1n) is 8.21. The van der Waals surface area contributed by atoms with Crippen molar-refractivity contribution in [3.05, 3.63) is 53.8 Å². The predicted molar refractivity (Wildman–Crippen MR) is 99.5 cm³/mol. The fourth-order valence-electron chi connectivity index (χ4n) is 3.09. The molecule has 5 N–H and O–H groups in total. The van der Waals surface area contributed by atoms with Crippen LogP contribution in [0.4, 0.5) is 0 Å². The van der Waals surface area contributed by atoms with Crippen molar-refractivity contribution in [1.82, 2.24) is 10.2 Å². The summed E-state index contributed by atoms with van der Waals surface area (Å²) in [6.07, 6.45) is 1.98. The lowest BCUT2D eigenvalue weighted by Gasteiger charge is -2.49. The van der Waals surface area contributed by atoms with Crippen molar-refractivity contribution in [2.24, 2.45) is 5.73 Å². The number of nitrogens with zero attached hydrogens (tertiary/aromatic N) is 1. The number of phenols is 1. The summed E-state index contributed by atoms with van der Waals surface area (Å²) in [7, 11) is 0. The zero-order chi connectivity index (χ0) is 19.7. The number of fused-ring (bicyclic) bond motifs is 1. The van der Waals surface area contributed by atoms with Crippen molar-refractivity contribution in [2.45, 2.75) is 23.9 Å². The summed E-state index contributed by atoms with van der Waals surface area (Å²) in [5, 5.41) is 20.9. The van der Waals surface area contributed by atoms with Gasteiger partial charge in [0.1, 0.15) is 28.9 Å². The molecule has 1 saturated heterocycles. The molecule has 1 aromatic rings. The molecule has 0 saturated carbocycles. The first-order valence-corrected chi connectivity index (χ1v) is 9.25. The number of aromatic hydroxyl groups is 1. The van der Waals surface area contributed by atoms with Crippen molar-refractivity contribution in [3.63, 3.8) is 0 Å². The molecule has 0 bridgehead atoms. The molecule has 2 heterocycles. The molecule has 0 aliphatic carbocycles. The number of nitrogens with one attached hydrogen (secondary N) is 1. The van der Waals surface area contributed by atoms with Crippen LogP contribution in [0, 0.1) is 0 Å². The summed E-state index contributed by atoms with van der Waals surface area (Å²) in [4.78, 5) is 37.7. The minimum Gasteiger partial charge on any atom is -0.508 e. The number of allylic oxidation sites excluding steroid dienone is 1. The van der Waals surface area contributed by atoms with Gasteiger partial charge in [0.2, 0.25) is 5.91 Å². The molecular weight excluding hydrogens is 370 g/mol. The highest BCUT2D eigenvalue weighted by Gasteiger charge is 2.54. The van der Waals surface area contributed by atoms with Gasteiger partial charge in [0.25, 0.3) is 5.91 Å². The smallest absolute Gasteiger partial charge is 0.352 e. The molecule has 1 fully saturated rings. The van der Waals surface area contributed by atoms with E-state index in [9.17, 15) is 24.6 Å². The number of benzene rings is 1. The topological polar surface area (TPSA) is 133 Å². The van der Waals surface area contributed by atoms with E-state index >= 15 is 0 Å². The van der Waals surface area contributed by atoms with E-state index < -0.39 is 35.2 Å². The van der Waals surface area contributed by atoms with Crippen LogP contribution in [0.3, 0.4) is 0 Å². The summed E-state index contributed by atoms with van der Waals surface area (Å²) >= 11 is 1.39. The second-order valence-corrected chi connectivity index (χ2v) is 7.32. The summed E-state index contributed by atoms with van der Waals surface area (Å²) < 4.78 is 0. The number of thioether (sulfide) groups is 1. The van der Waals surface area contributed by atoms with Gasteiger partial charge in [-0.2, -0.15) is 0 Å². The molecule has 27 heavy (non-hydrogen) atoms. The summed E-state index contributed by atoms with van der Waals surface area (Å²) in [5.41, 5.74) is 7.01. The van der Waals surface area contributed by atoms with Gasteiger partial charge in [-0.15, -0.1) is 18.3 Å². The van der Waals surface area contributed by atoms with Crippen LogP contribution in [0.2, 0.25) is 0 Å². The maximum Gasteiger partial charge on any atom is 0.352 e. The Morgan fingerprint density at radius 3 is 2.67 bits per heavy atom. The number of rotatable bonds is 6. The SMILES string of the molecule is C=CCC1=C(C(=O)O)N2C(=O)[C@@H](NC(=O)[C@H](N)c3ccc(O)cc3)[C@H]2SC1. The zero-order valence-electron chi connectivity index (χ0n) is 14.3. The molecule has 3 atom stereocenters. The maximum absolute atomic E-state index is 12.5. The number of carboxylic acids is 1. The number of phenolic OH excluding ortho intramolecular Hbond substituents is 1. The minimum atomic E-state index is -1.17. The first-order chi connectivity index (χ1) is 12.8. The Bertz CT molecular complexity index is 836. The molecule has 0 radical (unpaired) electrons. The van der Waals surface area contributed by atoms with Gasteiger partial charge in [-0.3, -0.25) is 14.5 Å². The van der Waals surface area contributed by atoms with E-state index in [2.05, 4.69) is 11.9 Å². The Balaban J connectivity index is 1.73. The molecule has 0 spiro atoms. The van der Waals surface area contributed by atoms with E-state index in [-0.39, 0.29) is 11.4 Å². The number of carbonyl (C=O) groups is 3. The van der Waals surface area contributed by atoms with Gasteiger partial charge in [-0.1, -0.05) is 18.2 Å². The van der Waals surface area contributed by atoms with Crippen molar-refractivity contribution in [3.8, 4) is 5.75 Å². The van der Waals surface area contributed by atoms with E-state index in [1.54, 1.807) is 6.08 Å². The molecule has 0 unspecified atom stereocenters. The van der Waals surface area contributed by atoms with Crippen molar-refractivity contribution >= 4 is 29.5 Å². The van der Waals surface area contributed by atoms with Crippen molar-refractivity contribution in [1.29, 1.82) is 0 Å². The number of aliphatic carboxylic acids is 1. The van der Waals surface area contributed by atoms with Crippen LogP contribution < -0.4 is 11.1 Å². The molecule has 2 amide bonds. The van der Waals surface area contributed by atoms with Crippen LogP contribution in [0.5, 0.6) is 5.75 Å².